The van der Waals surface area contributed by atoms with Crippen LogP contribution in [0.25, 0.3) is 11.3 Å². The van der Waals surface area contributed by atoms with Crippen molar-refractivity contribution in [1.82, 2.24) is 5.16 Å². The van der Waals surface area contributed by atoms with Crippen LogP contribution in [0.1, 0.15) is 0 Å². The molecule has 0 spiro atoms. The second-order valence-corrected chi connectivity index (χ2v) is 5.38. The van der Waals surface area contributed by atoms with Gasteiger partial charge in [0, 0.05) is 16.5 Å². The first-order valence-corrected chi connectivity index (χ1v) is 6.37. The molecule has 2 N–H and O–H groups in total. The summed E-state index contributed by atoms with van der Waals surface area (Å²) in [6.07, 6.45) is 0. The predicted octanol–water partition coefficient (Wildman–Crippen LogP) is 2.55. The second-order valence-electron chi connectivity index (χ2n) is 4.04. The van der Waals surface area contributed by atoms with Crippen LogP contribution in [0.15, 0.2) is 33.7 Å². The molecule has 4 nitrogen and oxygen atoms in total. The van der Waals surface area contributed by atoms with Gasteiger partial charge in [-0.3, -0.25) is 0 Å². The highest BCUT2D eigenvalue weighted by Gasteiger charge is 2.21. The fraction of sp³-hybridized carbons (Fsp3) is 0.250. The molecule has 0 aliphatic carbocycles. The van der Waals surface area contributed by atoms with Crippen molar-refractivity contribution in [3.8, 4) is 11.3 Å². The summed E-state index contributed by atoms with van der Waals surface area (Å²) in [5.41, 5.74) is 6.63. The van der Waals surface area contributed by atoms with Crippen molar-refractivity contribution in [2.75, 3.05) is 18.9 Å². The fourth-order valence-corrected chi connectivity index (χ4v) is 2.65. The summed E-state index contributed by atoms with van der Waals surface area (Å²) in [6, 6.07) is 6.57. The molecule has 18 heavy (non-hydrogen) atoms. The lowest BCUT2D eigenvalue weighted by Gasteiger charge is -2.25. The minimum Gasteiger partial charge on any atom is -0.379 e. The molecule has 94 valence electrons. The van der Waals surface area contributed by atoms with Gasteiger partial charge in [-0.25, -0.2) is 4.39 Å². The molecule has 2 heterocycles. The van der Waals surface area contributed by atoms with Crippen LogP contribution in [-0.2, 0) is 4.74 Å². The molecule has 0 saturated carbocycles. The number of rotatable bonds is 3. The Morgan fingerprint density at radius 1 is 1.33 bits per heavy atom. The second kappa shape index (κ2) is 4.62. The highest BCUT2D eigenvalue weighted by Crippen LogP contribution is 2.32. The maximum atomic E-state index is 13.9. The Labute approximate surface area is 107 Å². The van der Waals surface area contributed by atoms with E-state index in [1.807, 2.05) is 6.07 Å². The molecule has 3 rings (SSSR count). The number of aromatic nitrogens is 1. The number of hydrogen-bond acceptors (Lipinski definition) is 5. The van der Waals surface area contributed by atoms with Gasteiger partial charge < -0.3 is 15.0 Å². The largest absolute Gasteiger partial charge is 0.379 e. The number of nitrogen functional groups attached to an aromatic ring is 1. The lowest BCUT2D eigenvalue weighted by Crippen LogP contribution is -2.30. The van der Waals surface area contributed by atoms with Gasteiger partial charge in [0.05, 0.1) is 18.5 Å². The molecule has 1 aliphatic rings. The molecule has 1 fully saturated rings. The van der Waals surface area contributed by atoms with Crippen LogP contribution in [0, 0.1) is 5.82 Å². The third kappa shape index (κ3) is 2.21. The summed E-state index contributed by atoms with van der Waals surface area (Å²) < 4.78 is 23.7. The molecule has 0 unspecified atom stereocenters. The number of ether oxygens (including phenoxy) is 1. The zero-order chi connectivity index (χ0) is 12.5. The molecule has 2 aromatic rings. The normalized spacial score (nSPS) is 15.6. The van der Waals surface area contributed by atoms with E-state index < -0.39 is 0 Å². The Morgan fingerprint density at radius 2 is 2.17 bits per heavy atom. The molecule has 1 aromatic heterocycles. The van der Waals surface area contributed by atoms with Gasteiger partial charge >= 0.3 is 0 Å². The monoisotopic (exact) mass is 266 g/mol. The average molecular weight is 266 g/mol. The highest BCUT2D eigenvalue weighted by molar-refractivity contribution is 8.00. The molecule has 1 aromatic carbocycles. The first kappa shape index (κ1) is 11.6. The number of nitrogens with two attached hydrogens (primary N) is 1. The number of thioether (sulfide) groups is 1. The number of hydrogen-bond donors (Lipinski definition) is 1. The van der Waals surface area contributed by atoms with Gasteiger partial charge in [-0.2, -0.15) is 0 Å². The quantitative estimate of drug-likeness (QED) is 0.925. The number of anilines is 1. The summed E-state index contributed by atoms with van der Waals surface area (Å²) in [7, 11) is 0. The molecule has 0 atom stereocenters. The first-order valence-electron chi connectivity index (χ1n) is 5.49. The summed E-state index contributed by atoms with van der Waals surface area (Å²) >= 11 is 1.50. The van der Waals surface area contributed by atoms with Crippen LogP contribution in [0.3, 0.4) is 0 Å². The highest BCUT2D eigenvalue weighted by atomic mass is 32.2. The zero-order valence-electron chi connectivity index (χ0n) is 9.43. The van der Waals surface area contributed by atoms with E-state index in [0.29, 0.717) is 34.6 Å². The van der Waals surface area contributed by atoms with E-state index in [2.05, 4.69) is 5.16 Å². The SMILES string of the molecule is Nc1cc(-c2ccc(SC3COC3)c(F)c2)no1. The van der Waals surface area contributed by atoms with Crippen molar-refractivity contribution in [1.29, 1.82) is 0 Å². The summed E-state index contributed by atoms with van der Waals surface area (Å²) in [6.45, 7) is 1.37. The van der Waals surface area contributed by atoms with E-state index in [1.165, 1.54) is 17.8 Å². The number of nitrogens with zero attached hydrogens (tertiary/aromatic N) is 1. The zero-order valence-corrected chi connectivity index (χ0v) is 10.2. The van der Waals surface area contributed by atoms with Crippen LogP contribution in [-0.4, -0.2) is 23.6 Å². The predicted molar refractivity (Wildman–Crippen MR) is 66.8 cm³/mol. The molecular weight excluding hydrogens is 255 g/mol. The third-order valence-electron chi connectivity index (χ3n) is 2.66. The van der Waals surface area contributed by atoms with Crippen molar-refractivity contribution in [3.05, 3.63) is 30.1 Å². The summed E-state index contributed by atoms with van der Waals surface area (Å²) in [5.74, 6) is -0.0403. The van der Waals surface area contributed by atoms with E-state index in [1.54, 1.807) is 12.1 Å². The lowest BCUT2D eigenvalue weighted by molar-refractivity contribution is 0.0455. The molecule has 0 amide bonds. The van der Waals surface area contributed by atoms with Crippen LogP contribution in [0.2, 0.25) is 0 Å². The van der Waals surface area contributed by atoms with Crippen molar-refractivity contribution in [2.24, 2.45) is 0 Å². The Hall–Kier alpha value is -1.53. The molecule has 1 saturated heterocycles. The molecule has 0 bridgehead atoms. The lowest BCUT2D eigenvalue weighted by atomic mass is 10.1. The van der Waals surface area contributed by atoms with Gasteiger partial charge in [-0.05, 0) is 12.1 Å². The molecule has 1 aliphatic heterocycles. The van der Waals surface area contributed by atoms with E-state index in [4.69, 9.17) is 15.0 Å². The first-order chi connectivity index (χ1) is 8.72. The fourth-order valence-electron chi connectivity index (χ4n) is 1.64. The molecule has 6 heteroatoms. The van der Waals surface area contributed by atoms with E-state index >= 15 is 0 Å². The van der Waals surface area contributed by atoms with Crippen LogP contribution >= 0.6 is 11.8 Å². The molecular formula is C12H11FN2O2S. The van der Waals surface area contributed by atoms with Gasteiger partial charge in [-0.1, -0.05) is 11.2 Å². The maximum Gasteiger partial charge on any atom is 0.222 e. The van der Waals surface area contributed by atoms with Gasteiger partial charge in [-0.15, -0.1) is 11.8 Å². The third-order valence-corrected chi connectivity index (χ3v) is 3.85. The summed E-state index contributed by atoms with van der Waals surface area (Å²) in [5, 5.41) is 4.11. The number of halogens is 1. The minimum atomic E-state index is -0.258. The Morgan fingerprint density at radius 3 is 2.72 bits per heavy atom. The van der Waals surface area contributed by atoms with Crippen molar-refractivity contribution in [2.45, 2.75) is 10.1 Å². The topological polar surface area (TPSA) is 61.3 Å². The standard InChI is InChI=1S/C12H11FN2O2S/c13-9-3-7(10-4-12(14)17-15-10)1-2-11(9)18-8-5-16-6-8/h1-4,8H,5-6,14H2. The Kier molecular flexibility index (Phi) is 2.97. The van der Waals surface area contributed by atoms with Crippen LogP contribution in [0.4, 0.5) is 10.3 Å². The summed E-state index contributed by atoms with van der Waals surface area (Å²) in [4.78, 5) is 0.628. The van der Waals surface area contributed by atoms with Crippen LogP contribution < -0.4 is 5.73 Å². The van der Waals surface area contributed by atoms with Crippen molar-refractivity contribution >= 4 is 17.6 Å². The Balaban J connectivity index is 1.83. The molecule has 0 radical (unpaired) electrons. The smallest absolute Gasteiger partial charge is 0.222 e. The maximum absolute atomic E-state index is 13.9. The van der Waals surface area contributed by atoms with E-state index in [9.17, 15) is 4.39 Å². The van der Waals surface area contributed by atoms with Crippen molar-refractivity contribution in [3.63, 3.8) is 0 Å². The van der Waals surface area contributed by atoms with Crippen LogP contribution in [0.5, 0.6) is 0 Å². The van der Waals surface area contributed by atoms with Gasteiger partial charge in [0.2, 0.25) is 5.88 Å². The number of benzene rings is 1. The van der Waals surface area contributed by atoms with E-state index in [0.717, 1.165) is 0 Å². The van der Waals surface area contributed by atoms with Gasteiger partial charge in [0.15, 0.2) is 0 Å². The van der Waals surface area contributed by atoms with E-state index in [-0.39, 0.29) is 11.7 Å². The van der Waals surface area contributed by atoms with Gasteiger partial charge in [0.1, 0.15) is 11.5 Å². The van der Waals surface area contributed by atoms with Crippen molar-refractivity contribution < 1.29 is 13.7 Å². The minimum absolute atomic E-state index is 0.218. The Bertz CT molecular complexity index is 569. The average Bonchev–Trinajstić information content (AvgIpc) is 2.72. The van der Waals surface area contributed by atoms with Gasteiger partial charge in [0.25, 0.3) is 0 Å².